The minimum atomic E-state index is -0.239. The lowest BCUT2D eigenvalue weighted by Gasteiger charge is -2.42. The lowest BCUT2D eigenvalue weighted by atomic mass is 9.61. The first-order valence-electron chi connectivity index (χ1n) is 4.92. The van der Waals surface area contributed by atoms with Crippen molar-refractivity contribution in [1.82, 2.24) is 0 Å². The van der Waals surface area contributed by atoms with Gasteiger partial charge in [0.2, 0.25) is 0 Å². The molecule has 15 heavy (non-hydrogen) atoms. The second-order valence-electron chi connectivity index (χ2n) is 4.20. The molecular weight excluding hydrogens is 261 g/mol. The van der Waals surface area contributed by atoms with Crippen LogP contribution in [0.1, 0.15) is 29.9 Å². The summed E-state index contributed by atoms with van der Waals surface area (Å²) in [6.45, 7) is 0. The second kappa shape index (κ2) is 3.04. The maximum Gasteiger partial charge on any atom is 0.137 e. The maximum absolute atomic E-state index is 13.4. The van der Waals surface area contributed by atoms with Crippen LogP contribution in [0.3, 0.4) is 0 Å². The monoisotopic (exact) mass is 269 g/mol. The van der Waals surface area contributed by atoms with Crippen LogP contribution in [0.4, 0.5) is 4.39 Å². The molecule has 1 fully saturated rings. The van der Waals surface area contributed by atoms with E-state index >= 15 is 0 Å². The zero-order valence-electron chi connectivity index (χ0n) is 7.87. The normalized spacial score (nSPS) is 29.9. The van der Waals surface area contributed by atoms with Gasteiger partial charge in [0.25, 0.3) is 0 Å². The molecule has 0 unspecified atom stereocenters. The van der Waals surface area contributed by atoms with Gasteiger partial charge in [0, 0.05) is 11.5 Å². The molecule has 1 aromatic carbocycles. The van der Waals surface area contributed by atoms with E-state index in [-0.39, 0.29) is 5.82 Å². The number of benzene rings is 1. The van der Waals surface area contributed by atoms with E-state index in [9.17, 15) is 4.39 Å². The van der Waals surface area contributed by atoms with E-state index in [0.29, 0.717) is 22.0 Å². The highest BCUT2D eigenvalue weighted by Crippen LogP contribution is 2.50. The summed E-state index contributed by atoms with van der Waals surface area (Å²) < 4.78 is 13.8. The molecule has 0 spiro atoms. The van der Waals surface area contributed by atoms with Gasteiger partial charge in [-0.2, -0.15) is 0 Å². The highest BCUT2D eigenvalue weighted by molar-refractivity contribution is 9.10. The zero-order valence-corrected chi connectivity index (χ0v) is 9.46. The van der Waals surface area contributed by atoms with E-state index in [1.807, 2.05) is 0 Å². The summed E-state index contributed by atoms with van der Waals surface area (Å²) in [6, 6.07) is 3.28. The first-order chi connectivity index (χ1) is 7.20. The Kier molecular flexibility index (Phi) is 1.89. The van der Waals surface area contributed by atoms with Crippen LogP contribution in [0, 0.1) is 11.7 Å². The quantitative estimate of drug-likeness (QED) is 0.569. The topological polar surface area (TPSA) is 32.6 Å². The van der Waals surface area contributed by atoms with E-state index < -0.39 is 0 Å². The number of rotatable bonds is 0. The lowest BCUT2D eigenvalue weighted by molar-refractivity contribution is 0.286. The molecule has 78 valence electrons. The number of hydrogen-bond donors (Lipinski definition) is 1. The molecule has 2 bridgehead atoms. The lowest BCUT2D eigenvalue weighted by Crippen LogP contribution is -2.36. The fraction of sp³-hybridized carbons (Fsp3) is 0.364. The summed E-state index contributed by atoms with van der Waals surface area (Å²) >= 11 is 3.15. The van der Waals surface area contributed by atoms with Crippen molar-refractivity contribution in [3.63, 3.8) is 0 Å². The van der Waals surface area contributed by atoms with Gasteiger partial charge in [0.15, 0.2) is 0 Å². The third kappa shape index (κ3) is 1.17. The predicted octanol–water partition coefficient (Wildman–Crippen LogP) is 3.27. The minimum Gasteiger partial charge on any atom is -0.411 e. The molecule has 0 amide bonds. The van der Waals surface area contributed by atoms with Crippen molar-refractivity contribution >= 4 is 21.6 Å². The average Bonchev–Trinajstić information content (AvgIpc) is 2.16. The third-order valence-corrected chi connectivity index (χ3v) is 4.05. The van der Waals surface area contributed by atoms with Crippen LogP contribution in [0.5, 0.6) is 0 Å². The molecular formula is C11H9BrFNO. The van der Waals surface area contributed by atoms with Crippen LogP contribution in [-0.2, 0) is 0 Å². The smallest absolute Gasteiger partial charge is 0.137 e. The molecule has 4 heteroatoms. The molecule has 1 saturated carbocycles. The van der Waals surface area contributed by atoms with Crippen molar-refractivity contribution < 1.29 is 9.60 Å². The molecule has 4 rings (SSSR count). The predicted molar refractivity (Wildman–Crippen MR) is 57.9 cm³/mol. The number of hydrogen-bond acceptors (Lipinski definition) is 2. The molecule has 0 saturated heterocycles. The minimum absolute atomic E-state index is 0.239. The van der Waals surface area contributed by atoms with Crippen molar-refractivity contribution in [3.8, 4) is 0 Å². The largest absolute Gasteiger partial charge is 0.411 e. The van der Waals surface area contributed by atoms with Crippen molar-refractivity contribution in [2.75, 3.05) is 0 Å². The van der Waals surface area contributed by atoms with Gasteiger partial charge in [-0.1, -0.05) is 5.16 Å². The molecule has 2 nitrogen and oxygen atoms in total. The Balaban J connectivity index is 2.24. The van der Waals surface area contributed by atoms with Crippen molar-refractivity contribution in [2.24, 2.45) is 11.1 Å². The molecule has 0 radical (unpaired) electrons. The van der Waals surface area contributed by atoms with Gasteiger partial charge in [-0.25, -0.2) is 4.39 Å². The molecule has 0 aliphatic heterocycles. The van der Waals surface area contributed by atoms with E-state index in [2.05, 4.69) is 21.1 Å². The number of oxime groups is 1. The van der Waals surface area contributed by atoms with Crippen LogP contribution in [-0.4, -0.2) is 10.9 Å². The summed E-state index contributed by atoms with van der Waals surface area (Å²) in [6.07, 6.45) is 1.99. The van der Waals surface area contributed by atoms with Crippen LogP contribution in [0.15, 0.2) is 21.8 Å². The summed E-state index contributed by atoms with van der Waals surface area (Å²) in [5.74, 6) is 0.583. The van der Waals surface area contributed by atoms with Crippen LogP contribution < -0.4 is 0 Å². The molecule has 1 N–H and O–H groups in total. The summed E-state index contributed by atoms with van der Waals surface area (Å²) in [7, 11) is 0. The van der Waals surface area contributed by atoms with Crippen LogP contribution in [0.2, 0.25) is 0 Å². The molecule has 0 aromatic heterocycles. The van der Waals surface area contributed by atoms with Gasteiger partial charge in [-0.3, -0.25) is 0 Å². The first-order valence-corrected chi connectivity index (χ1v) is 5.71. The fourth-order valence-electron chi connectivity index (χ4n) is 2.57. The first kappa shape index (κ1) is 9.33. The average molecular weight is 270 g/mol. The van der Waals surface area contributed by atoms with Crippen molar-refractivity contribution in [2.45, 2.75) is 18.8 Å². The van der Waals surface area contributed by atoms with Gasteiger partial charge in [0.05, 0.1) is 10.2 Å². The Hall–Kier alpha value is -0.900. The Morgan fingerprint density at radius 3 is 2.73 bits per heavy atom. The SMILES string of the molecule is O/N=C1/c2cc(Br)c(F)cc2C2CC1C2. The molecule has 1 aromatic rings. The van der Waals surface area contributed by atoms with E-state index in [0.717, 1.165) is 24.0 Å². The summed E-state index contributed by atoms with van der Waals surface area (Å²) in [4.78, 5) is 0. The number of nitrogens with zero attached hydrogens (tertiary/aromatic N) is 1. The highest BCUT2D eigenvalue weighted by Gasteiger charge is 2.42. The second-order valence-corrected chi connectivity index (χ2v) is 5.06. The van der Waals surface area contributed by atoms with Gasteiger partial charge in [0.1, 0.15) is 5.82 Å². The van der Waals surface area contributed by atoms with Gasteiger partial charge >= 0.3 is 0 Å². The van der Waals surface area contributed by atoms with Crippen molar-refractivity contribution in [3.05, 3.63) is 33.5 Å². The van der Waals surface area contributed by atoms with Crippen LogP contribution >= 0.6 is 15.9 Å². The van der Waals surface area contributed by atoms with E-state index in [4.69, 9.17) is 5.21 Å². The Morgan fingerprint density at radius 1 is 1.33 bits per heavy atom. The standard InChI is InChI=1S/C11H9BrFNO/c12-9-3-8-7(4-10(9)13)5-1-6(2-5)11(8)14-15/h3-6,15H,1-2H2/b14-11+. The van der Waals surface area contributed by atoms with Crippen LogP contribution in [0.25, 0.3) is 0 Å². The Morgan fingerprint density at radius 2 is 2.07 bits per heavy atom. The number of halogens is 2. The molecule has 3 aliphatic carbocycles. The van der Waals surface area contributed by atoms with Crippen molar-refractivity contribution in [1.29, 1.82) is 0 Å². The molecule has 0 atom stereocenters. The summed E-state index contributed by atoms with van der Waals surface area (Å²) in [5, 5.41) is 12.3. The van der Waals surface area contributed by atoms with E-state index in [1.165, 1.54) is 0 Å². The summed E-state index contributed by atoms with van der Waals surface area (Å²) in [5.41, 5.74) is 2.61. The van der Waals surface area contributed by atoms with Gasteiger partial charge < -0.3 is 5.21 Å². The Bertz CT molecular complexity index is 466. The highest BCUT2D eigenvalue weighted by atomic mass is 79.9. The maximum atomic E-state index is 13.4. The molecule has 0 heterocycles. The van der Waals surface area contributed by atoms with Gasteiger partial charge in [-0.05, 0) is 52.4 Å². The Labute approximate surface area is 94.9 Å². The molecule has 3 aliphatic rings. The van der Waals surface area contributed by atoms with E-state index in [1.54, 1.807) is 12.1 Å². The van der Waals surface area contributed by atoms with Gasteiger partial charge in [-0.15, -0.1) is 0 Å². The third-order valence-electron chi connectivity index (χ3n) is 3.44. The fourth-order valence-corrected chi connectivity index (χ4v) is 2.92. The zero-order chi connectivity index (χ0) is 10.6.